The standard InChI is InChI=1S/C13H13F3N2O.ClH/c14-10-2-1-9(11(15)12(10)16)13(19)18-5-7-3-17-4-8(7)6-18;/h1-2,7-8,17H,3-6H2;1H/t7-,8+;. The van der Waals surface area contributed by atoms with Crippen molar-refractivity contribution < 1.29 is 18.0 Å². The number of likely N-dealkylation sites (tertiary alicyclic amines) is 1. The van der Waals surface area contributed by atoms with Crippen LogP contribution < -0.4 is 5.32 Å². The van der Waals surface area contributed by atoms with Crippen molar-refractivity contribution in [2.75, 3.05) is 26.2 Å². The number of hydrogen-bond acceptors (Lipinski definition) is 2. The van der Waals surface area contributed by atoms with E-state index >= 15 is 0 Å². The highest BCUT2D eigenvalue weighted by Crippen LogP contribution is 2.28. The van der Waals surface area contributed by atoms with Gasteiger partial charge in [0.25, 0.3) is 5.91 Å². The lowest BCUT2D eigenvalue weighted by atomic mass is 10.0. The minimum atomic E-state index is -1.59. The lowest BCUT2D eigenvalue weighted by molar-refractivity contribution is 0.0775. The van der Waals surface area contributed by atoms with Gasteiger partial charge in [-0.3, -0.25) is 4.79 Å². The van der Waals surface area contributed by atoms with Crippen LogP contribution in [0.5, 0.6) is 0 Å². The van der Waals surface area contributed by atoms with Crippen LogP contribution in [0.4, 0.5) is 13.2 Å². The Morgan fingerprint density at radius 3 is 2.30 bits per heavy atom. The first-order chi connectivity index (χ1) is 9.08. The summed E-state index contributed by atoms with van der Waals surface area (Å²) in [5.41, 5.74) is -0.396. The van der Waals surface area contributed by atoms with Crippen molar-refractivity contribution in [1.82, 2.24) is 10.2 Å². The molecular weight excluding hydrogens is 293 g/mol. The zero-order valence-electron chi connectivity index (χ0n) is 10.5. The molecule has 0 saturated carbocycles. The van der Waals surface area contributed by atoms with Crippen LogP contribution >= 0.6 is 12.4 Å². The zero-order valence-corrected chi connectivity index (χ0v) is 11.4. The number of nitrogens with one attached hydrogen (secondary N) is 1. The molecular formula is C13H14ClF3N2O. The molecule has 0 aromatic heterocycles. The molecule has 2 saturated heterocycles. The van der Waals surface area contributed by atoms with Crippen molar-refractivity contribution in [2.24, 2.45) is 11.8 Å². The first-order valence-electron chi connectivity index (χ1n) is 6.21. The van der Waals surface area contributed by atoms with Gasteiger partial charge in [0.15, 0.2) is 17.5 Å². The predicted octanol–water partition coefficient (Wildman–Crippen LogP) is 1.82. The Bertz CT molecular complexity index is 529. The van der Waals surface area contributed by atoms with E-state index in [1.54, 1.807) is 0 Å². The Balaban J connectivity index is 0.00000147. The minimum absolute atomic E-state index is 0. The Labute approximate surface area is 120 Å². The van der Waals surface area contributed by atoms with E-state index < -0.39 is 28.9 Å². The molecule has 1 aromatic carbocycles. The summed E-state index contributed by atoms with van der Waals surface area (Å²) in [5.74, 6) is -4.09. The first kappa shape index (κ1) is 15.1. The SMILES string of the molecule is Cl.O=C(c1ccc(F)c(F)c1F)N1C[C@H]2CNC[C@H]2C1. The third-order valence-electron chi connectivity index (χ3n) is 3.94. The van der Waals surface area contributed by atoms with Gasteiger partial charge in [-0.05, 0) is 24.0 Å². The molecule has 0 spiro atoms. The number of carbonyl (C=O) groups is 1. The molecule has 0 aliphatic carbocycles. The van der Waals surface area contributed by atoms with Gasteiger partial charge in [0.2, 0.25) is 0 Å². The second kappa shape index (κ2) is 5.61. The number of rotatable bonds is 1. The summed E-state index contributed by atoms with van der Waals surface area (Å²) in [4.78, 5) is 13.7. The molecule has 1 aromatic rings. The third kappa shape index (κ3) is 2.38. The van der Waals surface area contributed by atoms with Crippen molar-refractivity contribution in [2.45, 2.75) is 0 Å². The van der Waals surface area contributed by atoms with Gasteiger partial charge in [-0.25, -0.2) is 13.2 Å². The smallest absolute Gasteiger partial charge is 0.256 e. The molecule has 1 N–H and O–H groups in total. The summed E-state index contributed by atoms with van der Waals surface area (Å²) < 4.78 is 39.6. The van der Waals surface area contributed by atoms with Gasteiger partial charge < -0.3 is 10.2 Å². The molecule has 3 nitrogen and oxygen atoms in total. The van der Waals surface area contributed by atoms with E-state index in [1.807, 2.05) is 0 Å². The van der Waals surface area contributed by atoms with Crippen LogP contribution in [-0.2, 0) is 0 Å². The summed E-state index contributed by atoms with van der Waals surface area (Å²) in [7, 11) is 0. The Kier molecular flexibility index (Phi) is 4.25. The van der Waals surface area contributed by atoms with Crippen molar-refractivity contribution in [1.29, 1.82) is 0 Å². The Morgan fingerprint density at radius 1 is 1.10 bits per heavy atom. The van der Waals surface area contributed by atoms with Gasteiger partial charge >= 0.3 is 0 Å². The molecule has 110 valence electrons. The molecule has 2 atom stereocenters. The van der Waals surface area contributed by atoms with Gasteiger partial charge in [-0.15, -0.1) is 12.4 Å². The van der Waals surface area contributed by atoms with Crippen molar-refractivity contribution in [3.63, 3.8) is 0 Å². The molecule has 1 amide bonds. The summed E-state index contributed by atoms with van der Waals surface area (Å²) >= 11 is 0. The van der Waals surface area contributed by atoms with Gasteiger partial charge in [0.1, 0.15) is 0 Å². The van der Waals surface area contributed by atoms with Gasteiger partial charge in [-0.2, -0.15) is 0 Å². The Morgan fingerprint density at radius 2 is 1.70 bits per heavy atom. The zero-order chi connectivity index (χ0) is 13.6. The van der Waals surface area contributed by atoms with Gasteiger partial charge in [-0.1, -0.05) is 0 Å². The lowest BCUT2D eigenvalue weighted by Gasteiger charge is -2.18. The van der Waals surface area contributed by atoms with Crippen molar-refractivity contribution >= 4 is 18.3 Å². The van der Waals surface area contributed by atoms with Gasteiger partial charge in [0.05, 0.1) is 5.56 Å². The summed E-state index contributed by atoms with van der Waals surface area (Å²) in [5, 5.41) is 3.23. The van der Waals surface area contributed by atoms with E-state index in [1.165, 1.54) is 4.90 Å². The quantitative estimate of drug-likeness (QED) is 0.803. The van der Waals surface area contributed by atoms with E-state index in [9.17, 15) is 18.0 Å². The fourth-order valence-electron chi connectivity index (χ4n) is 2.88. The van der Waals surface area contributed by atoms with Crippen molar-refractivity contribution in [3.8, 4) is 0 Å². The maximum Gasteiger partial charge on any atom is 0.256 e. The molecule has 0 unspecified atom stereocenters. The molecule has 3 rings (SSSR count). The van der Waals surface area contributed by atoms with Crippen LogP contribution in [0.1, 0.15) is 10.4 Å². The largest absolute Gasteiger partial charge is 0.338 e. The average Bonchev–Trinajstić information content (AvgIpc) is 2.96. The number of hydrogen-bond donors (Lipinski definition) is 1. The van der Waals surface area contributed by atoms with Crippen LogP contribution in [0.15, 0.2) is 12.1 Å². The summed E-state index contributed by atoms with van der Waals surface area (Å²) in [6.45, 7) is 2.76. The molecule has 7 heteroatoms. The summed E-state index contributed by atoms with van der Waals surface area (Å²) in [6.07, 6.45) is 0. The van der Waals surface area contributed by atoms with E-state index in [-0.39, 0.29) is 12.4 Å². The highest BCUT2D eigenvalue weighted by Gasteiger charge is 2.39. The van der Waals surface area contributed by atoms with E-state index in [0.29, 0.717) is 24.9 Å². The van der Waals surface area contributed by atoms with E-state index in [4.69, 9.17) is 0 Å². The van der Waals surface area contributed by atoms with Crippen LogP contribution in [0, 0.1) is 29.3 Å². The molecule has 20 heavy (non-hydrogen) atoms. The number of nitrogens with zero attached hydrogens (tertiary/aromatic N) is 1. The molecule has 2 heterocycles. The summed E-state index contributed by atoms with van der Waals surface area (Å²) in [6, 6.07) is 1.78. The number of halogens is 4. The Hall–Kier alpha value is -1.27. The number of carbonyl (C=O) groups excluding carboxylic acids is 1. The maximum atomic E-state index is 13.6. The number of fused-ring (bicyclic) bond motifs is 1. The monoisotopic (exact) mass is 306 g/mol. The highest BCUT2D eigenvalue weighted by atomic mass is 35.5. The molecule has 0 radical (unpaired) electrons. The second-order valence-corrected chi connectivity index (χ2v) is 5.11. The van der Waals surface area contributed by atoms with Crippen LogP contribution in [0.25, 0.3) is 0 Å². The third-order valence-corrected chi connectivity index (χ3v) is 3.94. The molecule has 2 aliphatic rings. The fourth-order valence-corrected chi connectivity index (χ4v) is 2.88. The predicted molar refractivity (Wildman–Crippen MR) is 69.3 cm³/mol. The molecule has 0 bridgehead atoms. The average molecular weight is 307 g/mol. The van der Waals surface area contributed by atoms with Gasteiger partial charge in [0, 0.05) is 26.2 Å². The normalized spacial score (nSPS) is 24.4. The second-order valence-electron chi connectivity index (χ2n) is 5.11. The maximum absolute atomic E-state index is 13.6. The molecule has 2 fully saturated rings. The van der Waals surface area contributed by atoms with Crippen LogP contribution in [0.2, 0.25) is 0 Å². The van der Waals surface area contributed by atoms with Crippen LogP contribution in [-0.4, -0.2) is 37.0 Å². The van der Waals surface area contributed by atoms with E-state index in [2.05, 4.69) is 5.32 Å². The number of benzene rings is 1. The lowest BCUT2D eigenvalue weighted by Crippen LogP contribution is -2.32. The van der Waals surface area contributed by atoms with E-state index in [0.717, 1.165) is 25.2 Å². The first-order valence-corrected chi connectivity index (χ1v) is 6.21. The minimum Gasteiger partial charge on any atom is -0.338 e. The van der Waals surface area contributed by atoms with Crippen LogP contribution in [0.3, 0.4) is 0 Å². The fraction of sp³-hybridized carbons (Fsp3) is 0.462. The highest BCUT2D eigenvalue weighted by molar-refractivity contribution is 5.94. The number of amides is 1. The van der Waals surface area contributed by atoms with Crippen molar-refractivity contribution in [3.05, 3.63) is 35.1 Å². The molecule has 2 aliphatic heterocycles. The topological polar surface area (TPSA) is 32.3 Å².